The molecular weight excluding hydrogens is 328 g/mol. The van der Waals surface area contributed by atoms with Crippen molar-refractivity contribution < 1.29 is 4.79 Å². The lowest BCUT2D eigenvalue weighted by atomic mass is 10.0. The van der Waals surface area contributed by atoms with E-state index in [0.29, 0.717) is 0 Å². The van der Waals surface area contributed by atoms with Gasteiger partial charge in [0.15, 0.2) is 0 Å². The van der Waals surface area contributed by atoms with Crippen LogP contribution in [0.4, 0.5) is 11.4 Å². The van der Waals surface area contributed by atoms with Gasteiger partial charge in [-0.1, -0.05) is 53.2 Å². The first-order chi connectivity index (χ1) is 10.2. The SMILES string of the molecule is CC[C@@H]1C(=O)Nc2ccc(Br)cc2N1Cc1ccccc1. The Kier molecular flexibility index (Phi) is 3.97. The molecule has 1 aliphatic heterocycles. The second-order valence-corrected chi connectivity index (χ2v) is 6.10. The summed E-state index contributed by atoms with van der Waals surface area (Å²) in [5.41, 5.74) is 3.15. The van der Waals surface area contributed by atoms with Gasteiger partial charge in [-0.25, -0.2) is 0 Å². The van der Waals surface area contributed by atoms with E-state index in [1.54, 1.807) is 0 Å². The van der Waals surface area contributed by atoms with E-state index in [-0.39, 0.29) is 11.9 Å². The molecule has 4 heteroatoms. The largest absolute Gasteiger partial charge is 0.353 e. The van der Waals surface area contributed by atoms with Crippen LogP contribution in [0, 0.1) is 0 Å². The van der Waals surface area contributed by atoms with E-state index in [9.17, 15) is 4.79 Å². The fourth-order valence-corrected chi connectivity index (χ4v) is 3.10. The maximum Gasteiger partial charge on any atom is 0.247 e. The van der Waals surface area contributed by atoms with Crippen LogP contribution in [0.25, 0.3) is 0 Å². The number of fused-ring (bicyclic) bond motifs is 1. The highest BCUT2D eigenvalue weighted by atomic mass is 79.9. The number of amides is 1. The Bertz CT molecular complexity index is 657. The molecule has 0 bridgehead atoms. The monoisotopic (exact) mass is 344 g/mol. The zero-order chi connectivity index (χ0) is 14.8. The van der Waals surface area contributed by atoms with Crippen LogP contribution in [-0.2, 0) is 11.3 Å². The summed E-state index contributed by atoms with van der Waals surface area (Å²) in [6.45, 7) is 2.78. The Morgan fingerprint density at radius 1 is 1.19 bits per heavy atom. The van der Waals surface area contributed by atoms with E-state index in [1.807, 2.05) is 37.3 Å². The first kappa shape index (κ1) is 14.1. The Balaban J connectivity index is 2.02. The van der Waals surface area contributed by atoms with Crippen LogP contribution in [0.3, 0.4) is 0 Å². The van der Waals surface area contributed by atoms with Crippen molar-refractivity contribution in [3.63, 3.8) is 0 Å². The van der Waals surface area contributed by atoms with E-state index < -0.39 is 0 Å². The summed E-state index contributed by atoms with van der Waals surface area (Å²) >= 11 is 3.52. The molecule has 3 rings (SSSR count). The highest BCUT2D eigenvalue weighted by Crippen LogP contribution is 2.36. The zero-order valence-corrected chi connectivity index (χ0v) is 13.4. The van der Waals surface area contributed by atoms with E-state index in [2.05, 4.69) is 44.3 Å². The molecule has 1 atom stereocenters. The molecule has 2 aromatic carbocycles. The molecule has 1 amide bonds. The number of hydrogen-bond donors (Lipinski definition) is 1. The van der Waals surface area contributed by atoms with E-state index in [0.717, 1.165) is 28.8 Å². The minimum absolute atomic E-state index is 0.0725. The molecular formula is C17H17BrN2O. The van der Waals surface area contributed by atoms with Gasteiger partial charge in [0.25, 0.3) is 0 Å². The van der Waals surface area contributed by atoms with Crippen LogP contribution in [0.1, 0.15) is 18.9 Å². The number of nitrogens with zero attached hydrogens (tertiary/aromatic N) is 1. The minimum atomic E-state index is -0.132. The maximum absolute atomic E-state index is 12.3. The molecule has 0 unspecified atom stereocenters. The summed E-state index contributed by atoms with van der Waals surface area (Å²) < 4.78 is 1.02. The van der Waals surface area contributed by atoms with Crippen molar-refractivity contribution in [1.29, 1.82) is 0 Å². The van der Waals surface area contributed by atoms with Crippen molar-refractivity contribution in [2.45, 2.75) is 25.9 Å². The van der Waals surface area contributed by atoms with Crippen molar-refractivity contribution in [3.8, 4) is 0 Å². The molecule has 0 spiro atoms. The second kappa shape index (κ2) is 5.90. The average Bonchev–Trinajstić information content (AvgIpc) is 2.49. The molecule has 0 radical (unpaired) electrons. The van der Waals surface area contributed by atoms with Crippen LogP contribution in [0.15, 0.2) is 53.0 Å². The predicted molar refractivity (Wildman–Crippen MR) is 89.5 cm³/mol. The van der Waals surface area contributed by atoms with Crippen molar-refractivity contribution >= 4 is 33.2 Å². The number of anilines is 2. The Labute approximate surface area is 133 Å². The number of nitrogens with one attached hydrogen (secondary N) is 1. The highest BCUT2D eigenvalue weighted by molar-refractivity contribution is 9.10. The number of benzene rings is 2. The molecule has 1 heterocycles. The topological polar surface area (TPSA) is 32.3 Å². The Morgan fingerprint density at radius 2 is 1.95 bits per heavy atom. The molecule has 1 aliphatic rings. The lowest BCUT2D eigenvalue weighted by Crippen LogP contribution is -2.47. The third-order valence-corrected chi connectivity index (χ3v) is 4.28. The van der Waals surface area contributed by atoms with Gasteiger partial charge in [-0.15, -0.1) is 0 Å². The lowest BCUT2D eigenvalue weighted by Gasteiger charge is -2.38. The molecule has 108 valence electrons. The Morgan fingerprint density at radius 3 is 2.67 bits per heavy atom. The quantitative estimate of drug-likeness (QED) is 0.905. The number of rotatable bonds is 3. The smallest absolute Gasteiger partial charge is 0.247 e. The third kappa shape index (κ3) is 2.81. The zero-order valence-electron chi connectivity index (χ0n) is 11.8. The molecule has 2 aromatic rings. The van der Waals surface area contributed by atoms with Crippen LogP contribution in [-0.4, -0.2) is 11.9 Å². The maximum atomic E-state index is 12.3. The molecule has 0 saturated heterocycles. The van der Waals surface area contributed by atoms with Gasteiger partial charge in [-0.05, 0) is 30.2 Å². The van der Waals surface area contributed by atoms with Gasteiger partial charge in [-0.2, -0.15) is 0 Å². The van der Waals surface area contributed by atoms with Gasteiger partial charge in [0.05, 0.1) is 11.4 Å². The summed E-state index contributed by atoms with van der Waals surface area (Å²) in [6, 6.07) is 16.1. The number of halogens is 1. The molecule has 1 N–H and O–H groups in total. The van der Waals surface area contributed by atoms with Crippen LogP contribution in [0.5, 0.6) is 0 Å². The first-order valence-corrected chi connectivity index (χ1v) is 7.89. The second-order valence-electron chi connectivity index (χ2n) is 5.19. The fourth-order valence-electron chi connectivity index (χ4n) is 2.75. The van der Waals surface area contributed by atoms with Gasteiger partial charge in [0, 0.05) is 11.0 Å². The number of carbonyl (C=O) groups excluding carboxylic acids is 1. The van der Waals surface area contributed by atoms with Crippen molar-refractivity contribution in [1.82, 2.24) is 0 Å². The Hall–Kier alpha value is -1.81. The summed E-state index contributed by atoms with van der Waals surface area (Å²) in [6.07, 6.45) is 0.782. The molecule has 3 nitrogen and oxygen atoms in total. The lowest BCUT2D eigenvalue weighted by molar-refractivity contribution is -0.117. The first-order valence-electron chi connectivity index (χ1n) is 7.10. The van der Waals surface area contributed by atoms with Crippen molar-refractivity contribution in [3.05, 3.63) is 58.6 Å². The molecule has 0 saturated carbocycles. The summed E-state index contributed by atoms with van der Waals surface area (Å²) in [4.78, 5) is 14.5. The van der Waals surface area contributed by atoms with Crippen LogP contribution >= 0.6 is 15.9 Å². The minimum Gasteiger partial charge on any atom is -0.353 e. The fraction of sp³-hybridized carbons (Fsp3) is 0.235. The highest BCUT2D eigenvalue weighted by Gasteiger charge is 2.31. The van der Waals surface area contributed by atoms with Gasteiger partial charge >= 0.3 is 0 Å². The number of carbonyl (C=O) groups is 1. The van der Waals surface area contributed by atoms with E-state index in [4.69, 9.17) is 0 Å². The average molecular weight is 345 g/mol. The van der Waals surface area contributed by atoms with E-state index in [1.165, 1.54) is 5.56 Å². The standard InChI is InChI=1S/C17H17BrN2O/c1-2-15-17(21)19-14-9-8-13(18)10-16(14)20(15)11-12-6-4-3-5-7-12/h3-10,15H,2,11H2,1H3,(H,19,21)/t15-/m1/s1. The van der Waals surface area contributed by atoms with Gasteiger partial charge in [0.2, 0.25) is 5.91 Å². The van der Waals surface area contributed by atoms with Crippen LogP contribution in [0.2, 0.25) is 0 Å². The summed E-state index contributed by atoms with van der Waals surface area (Å²) in [7, 11) is 0. The summed E-state index contributed by atoms with van der Waals surface area (Å²) in [5, 5.41) is 3.00. The molecule has 21 heavy (non-hydrogen) atoms. The van der Waals surface area contributed by atoms with Gasteiger partial charge in [-0.3, -0.25) is 4.79 Å². The van der Waals surface area contributed by atoms with Crippen molar-refractivity contribution in [2.75, 3.05) is 10.2 Å². The molecule has 0 fully saturated rings. The third-order valence-electron chi connectivity index (χ3n) is 3.79. The van der Waals surface area contributed by atoms with Crippen molar-refractivity contribution in [2.24, 2.45) is 0 Å². The van der Waals surface area contributed by atoms with Gasteiger partial charge < -0.3 is 10.2 Å². The van der Waals surface area contributed by atoms with E-state index >= 15 is 0 Å². The normalized spacial score (nSPS) is 17.3. The van der Waals surface area contributed by atoms with Gasteiger partial charge in [0.1, 0.15) is 6.04 Å². The molecule has 0 aliphatic carbocycles. The van der Waals surface area contributed by atoms with Crippen LogP contribution < -0.4 is 10.2 Å². The summed E-state index contributed by atoms with van der Waals surface area (Å²) in [5.74, 6) is 0.0725. The number of hydrogen-bond acceptors (Lipinski definition) is 2. The molecule has 0 aromatic heterocycles. The predicted octanol–water partition coefficient (Wildman–Crippen LogP) is 4.19.